The molecule has 0 bridgehead atoms. The van der Waals surface area contributed by atoms with E-state index < -0.39 is 46.1 Å². The molecular weight excluding hydrogens is 300 g/mol. The number of halogens is 2. The SMILES string of the molecule is CC(O[Si](C)(C)C(C)(C)C)C(CO)N(CC(F)F)C(=O)O. The minimum absolute atomic E-state index is 0.0992. The van der Waals surface area contributed by atoms with Crippen molar-refractivity contribution in [3.63, 3.8) is 0 Å². The van der Waals surface area contributed by atoms with E-state index in [0.717, 1.165) is 0 Å². The van der Waals surface area contributed by atoms with Gasteiger partial charge in [0.2, 0.25) is 0 Å². The van der Waals surface area contributed by atoms with Gasteiger partial charge in [0.1, 0.15) is 0 Å². The van der Waals surface area contributed by atoms with Gasteiger partial charge >= 0.3 is 6.09 Å². The Morgan fingerprint density at radius 1 is 1.33 bits per heavy atom. The molecule has 5 nitrogen and oxygen atoms in total. The Hall–Kier alpha value is -0.733. The summed E-state index contributed by atoms with van der Waals surface area (Å²) < 4.78 is 31.0. The Morgan fingerprint density at radius 2 is 1.81 bits per heavy atom. The Balaban J connectivity index is 5.12. The summed E-state index contributed by atoms with van der Waals surface area (Å²) in [6.45, 7) is 10.1. The molecule has 0 saturated carbocycles. The highest BCUT2D eigenvalue weighted by molar-refractivity contribution is 6.74. The number of alkyl halides is 2. The quantitative estimate of drug-likeness (QED) is 0.705. The molecule has 0 rings (SSSR count). The monoisotopic (exact) mass is 327 g/mol. The van der Waals surface area contributed by atoms with Crippen LogP contribution in [0.1, 0.15) is 27.7 Å². The molecule has 2 unspecified atom stereocenters. The molecule has 0 fully saturated rings. The number of amides is 1. The lowest BCUT2D eigenvalue weighted by Gasteiger charge is -2.42. The lowest BCUT2D eigenvalue weighted by molar-refractivity contribution is 0.00470. The molecule has 0 saturated heterocycles. The van der Waals surface area contributed by atoms with Gasteiger partial charge < -0.3 is 14.6 Å². The number of hydrogen-bond acceptors (Lipinski definition) is 3. The van der Waals surface area contributed by atoms with Gasteiger partial charge in [0.05, 0.1) is 25.3 Å². The van der Waals surface area contributed by atoms with E-state index in [2.05, 4.69) is 0 Å². The zero-order valence-electron chi connectivity index (χ0n) is 13.6. The topological polar surface area (TPSA) is 70.0 Å². The molecule has 0 heterocycles. The average Bonchev–Trinajstić information content (AvgIpc) is 2.25. The number of carbonyl (C=O) groups is 1. The summed E-state index contributed by atoms with van der Waals surface area (Å²) in [6, 6.07) is -1.01. The fourth-order valence-corrected chi connectivity index (χ4v) is 3.16. The molecular formula is C13H27F2NO4Si. The number of hydrogen-bond donors (Lipinski definition) is 2. The van der Waals surface area contributed by atoms with Crippen molar-refractivity contribution < 1.29 is 28.2 Å². The van der Waals surface area contributed by atoms with Crippen molar-refractivity contribution in [1.82, 2.24) is 4.90 Å². The van der Waals surface area contributed by atoms with E-state index in [1.165, 1.54) is 0 Å². The molecule has 126 valence electrons. The second-order valence-electron chi connectivity index (χ2n) is 6.66. The Bertz CT molecular complexity index is 348. The molecule has 21 heavy (non-hydrogen) atoms. The third-order valence-corrected chi connectivity index (χ3v) is 8.57. The molecule has 0 aliphatic rings. The smallest absolute Gasteiger partial charge is 0.407 e. The zero-order valence-corrected chi connectivity index (χ0v) is 14.6. The fourth-order valence-electron chi connectivity index (χ4n) is 1.72. The van der Waals surface area contributed by atoms with Gasteiger partial charge in [-0.05, 0) is 25.1 Å². The highest BCUT2D eigenvalue weighted by atomic mass is 28.4. The molecule has 2 atom stereocenters. The van der Waals surface area contributed by atoms with Gasteiger partial charge in [0, 0.05) is 0 Å². The maximum absolute atomic E-state index is 12.5. The van der Waals surface area contributed by atoms with Gasteiger partial charge in [-0.25, -0.2) is 13.6 Å². The number of aliphatic hydroxyl groups is 1. The van der Waals surface area contributed by atoms with E-state index in [9.17, 15) is 18.7 Å². The molecule has 0 aromatic heterocycles. The summed E-state index contributed by atoms with van der Waals surface area (Å²) in [4.78, 5) is 11.7. The van der Waals surface area contributed by atoms with E-state index in [-0.39, 0.29) is 5.04 Å². The van der Waals surface area contributed by atoms with Gasteiger partial charge in [-0.1, -0.05) is 20.8 Å². The number of nitrogens with zero attached hydrogens (tertiary/aromatic N) is 1. The van der Waals surface area contributed by atoms with Gasteiger partial charge in [-0.15, -0.1) is 0 Å². The number of rotatable bonds is 7. The minimum atomic E-state index is -2.80. The molecule has 0 aliphatic heterocycles. The second kappa shape index (κ2) is 7.51. The first kappa shape index (κ1) is 20.3. The zero-order chi connectivity index (χ0) is 17.0. The van der Waals surface area contributed by atoms with Crippen molar-refractivity contribution in [2.75, 3.05) is 13.2 Å². The molecule has 8 heteroatoms. The van der Waals surface area contributed by atoms with Crippen molar-refractivity contribution in [2.24, 2.45) is 0 Å². The highest BCUT2D eigenvalue weighted by Gasteiger charge is 2.41. The normalized spacial score (nSPS) is 15.9. The van der Waals surface area contributed by atoms with Crippen LogP contribution in [0.5, 0.6) is 0 Å². The van der Waals surface area contributed by atoms with Crippen molar-refractivity contribution in [2.45, 2.75) is 64.4 Å². The van der Waals surface area contributed by atoms with Gasteiger partial charge in [0.25, 0.3) is 6.43 Å². The maximum atomic E-state index is 12.5. The van der Waals surface area contributed by atoms with Crippen molar-refractivity contribution >= 4 is 14.4 Å². The van der Waals surface area contributed by atoms with Crippen molar-refractivity contribution in [1.29, 1.82) is 0 Å². The molecule has 0 aromatic carbocycles. The van der Waals surface area contributed by atoms with E-state index in [0.29, 0.717) is 4.90 Å². The molecule has 0 radical (unpaired) electrons. The van der Waals surface area contributed by atoms with E-state index in [1.54, 1.807) is 6.92 Å². The number of carboxylic acid groups (broad SMARTS) is 1. The van der Waals surface area contributed by atoms with E-state index >= 15 is 0 Å². The largest absolute Gasteiger partial charge is 0.465 e. The Kier molecular flexibility index (Phi) is 7.24. The summed E-state index contributed by atoms with van der Waals surface area (Å²) in [5.74, 6) is 0. The van der Waals surface area contributed by atoms with Crippen LogP contribution < -0.4 is 0 Å². The first-order valence-corrected chi connectivity index (χ1v) is 9.80. The average molecular weight is 327 g/mol. The Labute approximate surface area is 126 Å². The second-order valence-corrected chi connectivity index (χ2v) is 11.4. The van der Waals surface area contributed by atoms with Crippen molar-refractivity contribution in [3.05, 3.63) is 0 Å². The van der Waals surface area contributed by atoms with Crippen LogP contribution in [0.2, 0.25) is 18.1 Å². The Morgan fingerprint density at radius 3 is 2.10 bits per heavy atom. The summed E-state index contributed by atoms with van der Waals surface area (Å²) in [5.41, 5.74) is 0. The first-order chi connectivity index (χ1) is 9.33. The lowest BCUT2D eigenvalue weighted by Crippen LogP contribution is -2.54. The fraction of sp³-hybridized carbons (Fsp3) is 0.923. The van der Waals surface area contributed by atoms with Gasteiger partial charge in [-0.2, -0.15) is 0 Å². The van der Waals surface area contributed by atoms with Crippen LogP contribution in [0.4, 0.5) is 13.6 Å². The molecule has 1 amide bonds. The summed E-state index contributed by atoms with van der Waals surface area (Å²) in [6.07, 6.45) is -4.94. The summed E-state index contributed by atoms with van der Waals surface area (Å²) >= 11 is 0. The maximum Gasteiger partial charge on any atom is 0.407 e. The van der Waals surface area contributed by atoms with Crippen molar-refractivity contribution in [3.8, 4) is 0 Å². The van der Waals surface area contributed by atoms with Crippen LogP contribution in [0.25, 0.3) is 0 Å². The van der Waals surface area contributed by atoms with Crippen LogP contribution >= 0.6 is 0 Å². The van der Waals surface area contributed by atoms with E-state index in [1.807, 2.05) is 33.9 Å². The predicted octanol–water partition coefficient (Wildman–Crippen LogP) is 3.00. The minimum Gasteiger partial charge on any atom is -0.465 e. The predicted molar refractivity (Wildman–Crippen MR) is 79.4 cm³/mol. The van der Waals surface area contributed by atoms with Crippen LogP contribution in [-0.2, 0) is 4.43 Å². The standard InChI is InChI=1S/C13H27F2NO4Si/c1-9(20-21(5,6)13(2,3)4)10(8-17)16(12(18)19)7-11(14)15/h9-11,17H,7-8H2,1-6H3,(H,18,19). The van der Waals surface area contributed by atoms with Crippen LogP contribution in [0.3, 0.4) is 0 Å². The van der Waals surface area contributed by atoms with Crippen LogP contribution in [0, 0.1) is 0 Å². The molecule has 0 spiro atoms. The van der Waals surface area contributed by atoms with Crippen LogP contribution in [-0.4, -0.2) is 61.2 Å². The third-order valence-electron chi connectivity index (χ3n) is 4.00. The highest BCUT2D eigenvalue weighted by Crippen LogP contribution is 2.37. The molecule has 0 aromatic rings. The molecule has 0 aliphatic carbocycles. The summed E-state index contributed by atoms with van der Waals surface area (Å²) in [5, 5.41) is 18.4. The third kappa shape index (κ3) is 5.88. The lowest BCUT2D eigenvalue weighted by atomic mass is 10.1. The molecule has 2 N–H and O–H groups in total. The van der Waals surface area contributed by atoms with E-state index in [4.69, 9.17) is 9.53 Å². The van der Waals surface area contributed by atoms with Gasteiger partial charge in [-0.3, -0.25) is 4.90 Å². The van der Waals surface area contributed by atoms with Crippen LogP contribution in [0.15, 0.2) is 0 Å². The summed E-state index contributed by atoms with van der Waals surface area (Å²) in [7, 11) is -2.19. The first-order valence-electron chi connectivity index (χ1n) is 6.90. The number of aliphatic hydroxyl groups excluding tert-OH is 1. The van der Waals surface area contributed by atoms with Gasteiger partial charge in [0.15, 0.2) is 8.32 Å².